The molecule has 1 aliphatic carbocycles. The van der Waals surface area contributed by atoms with Crippen LogP contribution in [-0.4, -0.2) is 25.4 Å². The van der Waals surface area contributed by atoms with Gasteiger partial charge in [0, 0.05) is 17.3 Å². The Bertz CT molecular complexity index is 1080. The standard InChI is InChI=1S/C20H21N3O4S/c24-20(14-6-11-19-18(12-14)21-13-27-19)22-15-7-9-17(10-8-15)28(25,26)23-16-4-2-1-3-5-16/h6-13,16,23H,1-5H2,(H,22,24). The molecule has 0 atom stereocenters. The lowest BCUT2D eigenvalue weighted by molar-refractivity contribution is 0.102. The number of carbonyl (C=O) groups excluding carboxylic acids is 1. The van der Waals surface area contributed by atoms with Gasteiger partial charge in [0.15, 0.2) is 12.0 Å². The lowest BCUT2D eigenvalue weighted by atomic mass is 9.96. The second-order valence-electron chi connectivity index (χ2n) is 6.97. The van der Waals surface area contributed by atoms with E-state index in [1.807, 2.05) is 0 Å². The van der Waals surface area contributed by atoms with E-state index in [4.69, 9.17) is 4.42 Å². The van der Waals surface area contributed by atoms with E-state index in [1.165, 1.54) is 18.5 Å². The summed E-state index contributed by atoms with van der Waals surface area (Å²) in [7, 11) is -3.56. The first-order valence-corrected chi connectivity index (χ1v) is 10.8. The number of benzene rings is 2. The molecule has 1 amide bonds. The molecule has 2 N–H and O–H groups in total. The van der Waals surface area contributed by atoms with Gasteiger partial charge in [-0.2, -0.15) is 0 Å². The van der Waals surface area contributed by atoms with Gasteiger partial charge in [-0.25, -0.2) is 18.1 Å². The van der Waals surface area contributed by atoms with Crippen LogP contribution in [0.4, 0.5) is 5.69 Å². The lowest BCUT2D eigenvalue weighted by Gasteiger charge is -2.22. The van der Waals surface area contributed by atoms with Gasteiger partial charge in [-0.1, -0.05) is 19.3 Å². The average molecular weight is 399 g/mol. The highest BCUT2D eigenvalue weighted by molar-refractivity contribution is 7.89. The summed E-state index contributed by atoms with van der Waals surface area (Å²) in [6.45, 7) is 0. The molecule has 1 heterocycles. The molecule has 1 aromatic heterocycles. The van der Waals surface area contributed by atoms with Gasteiger partial charge >= 0.3 is 0 Å². The number of anilines is 1. The van der Waals surface area contributed by atoms with E-state index in [-0.39, 0.29) is 16.8 Å². The fourth-order valence-corrected chi connectivity index (χ4v) is 4.73. The number of hydrogen-bond acceptors (Lipinski definition) is 5. The normalized spacial score (nSPS) is 15.6. The van der Waals surface area contributed by atoms with E-state index < -0.39 is 10.0 Å². The van der Waals surface area contributed by atoms with Crippen molar-refractivity contribution in [3.05, 3.63) is 54.4 Å². The highest BCUT2D eigenvalue weighted by Crippen LogP contribution is 2.21. The number of carbonyl (C=O) groups is 1. The monoisotopic (exact) mass is 399 g/mol. The van der Waals surface area contributed by atoms with E-state index in [9.17, 15) is 13.2 Å². The molecule has 3 aromatic rings. The van der Waals surface area contributed by atoms with Crippen LogP contribution in [0.5, 0.6) is 0 Å². The molecule has 8 heteroatoms. The van der Waals surface area contributed by atoms with Crippen LogP contribution < -0.4 is 10.0 Å². The number of hydrogen-bond donors (Lipinski definition) is 2. The van der Waals surface area contributed by atoms with Crippen molar-refractivity contribution in [2.45, 2.75) is 43.0 Å². The molecule has 2 aromatic carbocycles. The summed E-state index contributed by atoms with van der Waals surface area (Å²) in [5, 5.41) is 2.76. The Morgan fingerprint density at radius 3 is 2.54 bits per heavy atom. The quantitative estimate of drug-likeness (QED) is 0.681. The molecule has 0 aliphatic heterocycles. The predicted octanol–water partition coefficient (Wildman–Crippen LogP) is 3.69. The maximum Gasteiger partial charge on any atom is 0.255 e. The smallest absolute Gasteiger partial charge is 0.255 e. The van der Waals surface area contributed by atoms with Crippen LogP contribution in [0.15, 0.2) is 58.2 Å². The topological polar surface area (TPSA) is 101 Å². The summed E-state index contributed by atoms with van der Waals surface area (Å²) in [6, 6.07) is 11.2. The van der Waals surface area contributed by atoms with Crippen molar-refractivity contribution in [2.75, 3.05) is 5.32 Å². The van der Waals surface area contributed by atoms with Gasteiger partial charge in [0.2, 0.25) is 10.0 Å². The Kier molecular flexibility index (Phi) is 5.15. The van der Waals surface area contributed by atoms with Gasteiger partial charge in [-0.05, 0) is 55.3 Å². The number of sulfonamides is 1. The first-order valence-electron chi connectivity index (χ1n) is 9.28. The van der Waals surface area contributed by atoms with Crippen LogP contribution in [0.2, 0.25) is 0 Å². The summed E-state index contributed by atoms with van der Waals surface area (Å²) < 4.78 is 33.0. The molecule has 0 radical (unpaired) electrons. The van der Waals surface area contributed by atoms with E-state index in [2.05, 4.69) is 15.0 Å². The van der Waals surface area contributed by atoms with Crippen LogP contribution in [-0.2, 0) is 10.0 Å². The molecule has 146 valence electrons. The number of nitrogens with zero attached hydrogens (tertiary/aromatic N) is 1. The van der Waals surface area contributed by atoms with Gasteiger partial charge < -0.3 is 9.73 Å². The number of oxazole rings is 1. The third kappa shape index (κ3) is 4.07. The molecule has 0 spiro atoms. The van der Waals surface area contributed by atoms with Gasteiger partial charge in [0.25, 0.3) is 5.91 Å². The van der Waals surface area contributed by atoms with Crippen molar-refractivity contribution in [2.24, 2.45) is 0 Å². The minimum Gasteiger partial charge on any atom is -0.443 e. The molecule has 1 fully saturated rings. The molecule has 0 bridgehead atoms. The number of amides is 1. The van der Waals surface area contributed by atoms with Crippen molar-refractivity contribution < 1.29 is 17.6 Å². The summed E-state index contributed by atoms with van der Waals surface area (Å²) in [6.07, 6.45) is 6.35. The average Bonchev–Trinajstić information content (AvgIpc) is 3.16. The SMILES string of the molecule is O=C(Nc1ccc(S(=O)(=O)NC2CCCCC2)cc1)c1ccc2ocnc2c1. The van der Waals surface area contributed by atoms with E-state index >= 15 is 0 Å². The summed E-state index contributed by atoms with van der Waals surface area (Å²) in [5.41, 5.74) is 2.17. The molecule has 1 aliphatic rings. The van der Waals surface area contributed by atoms with Crippen molar-refractivity contribution in [1.29, 1.82) is 0 Å². The van der Waals surface area contributed by atoms with Crippen molar-refractivity contribution in [3.8, 4) is 0 Å². The van der Waals surface area contributed by atoms with E-state index in [0.717, 1.165) is 32.1 Å². The van der Waals surface area contributed by atoms with Crippen LogP contribution in [0, 0.1) is 0 Å². The minimum absolute atomic E-state index is 0.00424. The Morgan fingerprint density at radius 1 is 1.04 bits per heavy atom. The Morgan fingerprint density at radius 2 is 1.79 bits per heavy atom. The van der Waals surface area contributed by atoms with Crippen molar-refractivity contribution in [1.82, 2.24) is 9.71 Å². The highest BCUT2D eigenvalue weighted by atomic mass is 32.2. The molecule has 28 heavy (non-hydrogen) atoms. The van der Waals surface area contributed by atoms with Gasteiger partial charge in [-0.15, -0.1) is 0 Å². The maximum absolute atomic E-state index is 12.5. The second kappa shape index (κ2) is 7.73. The lowest BCUT2D eigenvalue weighted by Crippen LogP contribution is -2.36. The molecule has 1 saturated carbocycles. The Balaban J connectivity index is 1.44. The zero-order chi connectivity index (χ0) is 19.6. The van der Waals surface area contributed by atoms with Crippen molar-refractivity contribution in [3.63, 3.8) is 0 Å². The third-order valence-electron chi connectivity index (χ3n) is 4.94. The molecule has 0 unspecified atom stereocenters. The maximum atomic E-state index is 12.5. The van der Waals surface area contributed by atoms with Crippen LogP contribution in [0.3, 0.4) is 0 Å². The van der Waals surface area contributed by atoms with Crippen LogP contribution >= 0.6 is 0 Å². The Labute approximate surface area is 163 Å². The van der Waals surface area contributed by atoms with Crippen LogP contribution in [0.25, 0.3) is 11.1 Å². The van der Waals surface area contributed by atoms with Gasteiger partial charge in [-0.3, -0.25) is 4.79 Å². The van der Waals surface area contributed by atoms with E-state index in [1.54, 1.807) is 30.3 Å². The number of rotatable bonds is 5. The number of nitrogens with one attached hydrogen (secondary N) is 2. The molecule has 7 nitrogen and oxygen atoms in total. The number of fused-ring (bicyclic) bond motifs is 1. The summed E-state index contributed by atoms with van der Waals surface area (Å²) in [5.74, 6) is -0.305. The summed E-state index contributed by atoms with van der Waals surface area (Å²) >= 11 is 0. The molecular formula is C20H21N3O4S. The van der Waals surface area contributed by atoms with Crippen molar-refractivity contribution >= 4 is 32.7 Å². The first-order chi connectivity index (χ1) is 13.5. The predicted molar refractivity (Wildman–Crippen MR) is 106 cm³/mol. The summed E-state index contributed by atoms with van der Waals surface area (Å²) in [4.78, 5) is 16.7. The minimum atomic E-state index is -3.56. The number of aromatic nitrogens is 1. The highest BCUT2D eigenvalue weighted by Gasteiger charge is 2.21. The molecule has 4 rings (SSSR count). The van der Waals surface area contributed by atoms with Crippen LogP contribution in [0.1, 0.15) is 42.5 Å². The first kappa shape index (κ1) is 18.6. The molecular weight excluding hydrogens is 378 g/mol. The third-order valence-corrected chi connectivity index (χ3v) is 6.48. The fraction of sp³-hybridized carbons (Fsp3) is 0.300. The fourth-order valence-electron chi connectivity index (χ4n) is 3.43. The zero-order valence-corrected chi connectivity index (χ0v) is 16.0. The zero-order valence-electron chi connectivity index (χ0n) is 15.2. The van der Waals surface area contributed by atoms with Gasteiger partial charge in [0.05, 0.1) is 4.90 Å². The Hall–Kier alpha value is -2.71. The van der Waals surface area contributed by atoms with Gasteiger partial charge in [0.1, 0.15) is 5.52 Å². The second-order valence-corrected chi connectivity index (χ2v) is 8.68. The molecule has 0 saturated heterocycles. The largest absolute Gasteiger partial charge is 0.443 e. The van der Waals surface area contributed by atoms with E-state index in [0.29, 0.717) is 22.4 Å².